The molecule has 1 aromatic carbocycles. The van der Waals surface area contributed by atoms with Crippen LogP contribution in [0, 0.1) is 5.82 Å². The van der Waals surface area contributed by atoms with Crippen molar-refractivity contribution < 1.29 is 8.81 Å². The Balaban J connectivity index is 1.71. The van der Waals surface area contributed by atoms with Gasteiger partial charge in [-0.05, 0) is 67.2 Å². The first kappa shape index (κ1) is 17.7. The summed E-state index contributed by atoms with van der Waals surface area (Å²) in [5.74, 6) is 1.25. The highest BCUT2D eigenvalue weighted by Gasteiger charge is 2.41. The van der Waals surface area contributed by atoms with E-state index in [2.05, 4.69) is 22.1 Å². The highest BCUT2D eigenvalue weighted by Crippen LogP contribution is 2.40. The highest BCUT2D eigenvalue weighted by molar-refractivity contribution is 7.80. The lowest BCUT2D eigenvalue weighted by Gasteiger charge is -2.25. The van der Waals surface area contributed by atoms with Crippen molar-refractivity contribution in [1.82, 2.24) is 15.2 Å². The molecular formula is C21H20FN3OS. The molecule has 2 aromatic heterocycles. The fourth-order valence-electron chi connectivity index (χ4n) is 3.48. The Morgan fingerprint density at radius 2 is 1.96 bits per heavy atom. The summed E-state index contributed by atoms with van der Waals surface area (Å²) in [4.78, 5) is 6.66. The Morgan fingerprint density at radius 3 is 2.67 bits per heavy atom. The van der Waals surface area contributed by atoms with E-state index in [9.17, 15) is 4.39 Å². The molecule has 1 fully saturated rings. The van der Waals surface area contributed by atoms with Crippen LogP contribution in [0.3, 0.4) is 0 Å². The Kier molecular flexibility index (Phi) is 4.90. The highest BCUT2D eigenvalue weighted by atomic mass is 32.1. The van der Waals surface area contributed by atoms with Gasteiger partial charge in [-0.3, -0.25) is 4.98 Å². The summed E-state index contributed by atoms with van der Waals surface area (Å²) in [7, 11) is 0. The number of nitrogens with one attached hydrogen (secondary N) is 1. The zero-order valence-electron chi connectivity index (χ0n) is 14.9. The molecule has 2 atom stereocenters. The van der Waals surface area contributed by atoms with E-state index in [0.717, 1.165) is 30.0 Å². The normalized spacial score (nSPS) is 19.3. The molecule has 0 aliphatic carbocycles. The maximum Gasteiger partial charge on any atom is 0.170 e. The van der Waals surface area contributed by atoms with Gasteiger partial charge in [0.05, 0.1) is 11.7 Å². The summed E-state index contributed by atoms with van der Waals surface area (Å²) in [6, 6.07) is 15.9. The van der Waals surface area contributed by atoms with Gasteiger partial charge in [-0.25, -0.2) is 4.39 Å². The van der Waals surface area contributed by atoms with Crippen molar-refractivity contribution in [3.8, 4) is 11.3 Å². The summed E-state index contributed by atoms with van der Waals surface area (Å²) in [6.07, 6.45) is 2.75. The first-order chi connectivity index (χ1) is 13.2. The predicted octanol–water partition coefficient (Wildman–Crippen LogP) is 4.86. The quantitative estimate of drug-likeness (QED) is 0.639. The Bertz CT molecular complexity index is 926. The Morgan fingerprint density at radius 1 is 1.15 bits per heavy atom. The van der Waals surface area contributed by atoms with Crippen LogP contribution in [0.25, 0.3) is 11.3 Å². The van der Waals surface area contributed by atoms with E-state index in [-0.39, 0.29) is 17.9 Å². The lowest BCUT2D eigenvalue weighted by molar-refractivity contribution is 0.275. The molecule has 27 heavy (non-hydrogen) atoms. The van der Waals surface area contributed by atoms with Crippen molar-refractivity contribution in [3.63, 3.8) is 0 Å². The third-order valence-corrected chi connectivity index (χ3v) is 5.06. The SMILES string of the molecule is CCCN1C(=S)N[C@H](c2ccccn2)[C@H]1c1ccc(-c2ccc(F)cc2)o1. The molecule has 1 N–H and O–H groups in total. The van der Waals surface area contributed by atoms with Crippen molar-refractivity contribution in [2.45, 2.75) is 25.4 Å². The average molecular weight is 381 g/mol. The van der Waals surface area contributed by atoms with Gasteiger partial charge >= 0.3 is 0 Å². The van der Waals surface area contributed by atoms with Crippen LogP contribution in [-0.2, 0) is 0 Å². The molecule has 1 aliphatic rings. The number of thiocarbonyl (C=S) groups is 1. The minimum Gasteiger partial charge on any atom is -0.459 e. The molecule has 6 heteroatoms. The number of aromatic nitrogens is 1. The predicted molar refractivity (Wildman–Crippen MR) is 107 cm³/mol. The van der Waals surface area contributed by atoms with Gasteiger partial charge in [0, 0.05) is 18.3 Å². The third kappa shape index (κ3) is 3.45. The average Bonchev–Trinajstić information content (AvgIpc) is 3.29. The molecule has 0 spiro atoms. The molecule has 0 saturated carbocycles. The van der Waals surface area contributed by atoms with Crippen LogP contribution in [0.2, 0.25) is 0 Å². The number of benzene rings is 1. The zero-order chi connectivity index (χ0) is 18.8. The second kappa shape index (κ2) is 7.48. The van der Waals surface area contributed by atoms with Gasteiger partial charge < -0.3 is 14.6 Å². The smallest absolute Gasteiger partial charge is 0.170 e. The molecule has 4 nitrogen and oxygen atoms in total. The summed E-state index contributed by atoms with van der Waals surface area (Å²) in [5, 5.41) is 4.10. The summed E-state index contributed by atoms with van der Waals surface area (Å²) in [6.45, 7) is 2.95. The van der Waals surface area contributed by atoms with Gasteiger partial charge in [-0.1, -0.05) is 13.0 Å². The third-order valence-electron chi connectivity index (χ3n) is 4.71. The monoisotopic (exact) mass is 381 g/mol. The Labute approximate surface area is 163 Å². The molecule has 0 amide bonds. The van der Waals surface area contributed by atoms with Crippen LogP contribution in [0.15, 0.2) is 65.2 Å². The van der Waals surface area contributed by atoms with Crippen molar-refractivity contribution in [3.05, 3.63) is 78.1 Å². The van der Waals surface area contributed by atoms with Crippen LogP contribution in [0.1, 0.15) is 36.9 Å². The second-order valence-corrected chi connectivity index (χ2v) is 6.92. The molecule has 3 heterocycles. The van der Waals surface area contributed by atoms with Crippen LogP contribution < -0.4 is 5.32 Å². The van der Waals surface area contributed by atoms with E-state index in [1.54, 1.807) is 18.3 Å². The molecule has 138 valence electrons. The molecular weight excluding hydrogens is 361 g/mol. The number of hydrogen-bond acceptors (Lipinski definition) is 3. The van der Waals surface area contributed by atoms with Crippen molar-refractivity contribution >= 4 is 17.3 Å². The maximum atomic E-state index is 13.2. The minimum absolute atomic E-state index is 0.0819. The zero-order valence-corrected chi connectivity index (χ0v) is 15.7. The molecule has 1 aliphatic heterocycles. The number of nitrogens with zero attached hydrogens (tertiary/aromatic N) is 2. The van der Waals surface area contributed by atoms with Crippen LogP contribution in [0.4, 0.5) is 4.39 Å². The standard InChI is InChI=1S/C21H20FN3OS/c1-2-13-25-20(19(24-21(25)27)16-5-3-4-12-23-16)18-11-10-17(26-18)14-6-8-15(22)9-7-14/h3-12,19-20H,2,13H2,1H3,(H,24,27)/t19-,20-/m1/s1. The minimum atomic E-state index is -0.264. The van der Waals surface area contributed by atoms with Crippen molar-refractivity contribution in [1.29, 1.82) is 0 Å². The molecule has 3 aromatic rings. The van der Waals surface area contributed by atoms with Gasteiger partial charge in [-0.15, -0.1) is 0 Å². The van der Waals surface area contributed by atoms with E-state index in [1.807, 2.05) is 30.3 Å². The topological polar surface area (TPSA) is 41.3 Å². The van der Waals surface area contributed by atoms with Gasteiger partial charge in [0.1, 0.15) is 23.4 Å². The number of pyridine rings is 1. The lowest BCUT2D eigenvalue weighted by Crippen LogP contribution is -2.30. The van der Waals surface area contributed by atoms with Gasteiger partial charge in [0.25, 0.3) is 0 Å². The molecule has 1 saturated heterocycles. The van der Waals surface area contributed by atoms with Crippen molar-refractivity contribution in [2.75, 3.05) is 6.54 Å². The van der Waals surface area contributed by atoms with Crippen LogP contribution in [-0.4, -0.2) is 21.5 Å². The van der Waals surface area contributed by atoms with Crippen LogP contribution >= 0.6 is 12.2 Å². The number of rotatable bonds is 5. The number of hydrogen-bond donors (Lipinski definition) is 1. The first-order valence-electron chi connectivity index (χ1n) is 9.01. The first-order valence-corrected chi connectivity index (χ1v) is 9.42. The largest absolute Gasteiger partial charge is 0.459 e. The number of halogens is 1. The molecule has 0 bridgehead atoms. The summed E-state index contributed by atoms with van der Waals surface area (Å²) in [5.41, 5.74) is 1.76. The molecule has 0 unspecified atom stereocenters. The van der Waals surface area contributed by atoms with Gasteiger partial charge in [0.15, 0.2) is 5.11 Å². The fraction of sp³-hybridized carbons (Fsp3) is 0.238. The van der Waals surface area contributed by atoms with E-state index >= 15 is 0 Å². The summed E-state index contributed by atoms with van der Waals surface area (Å²) < 4.78 is 19.4. The van der Waals surface area contributed by atoms with E-state index in [1.165, 1.54) is 12.1 Å². The summed E-state index contributed by atoms with van der Waals surface area (Å²) >= 11 is 5.58. The second-order valence-electron chi connectivity index (χ2n) is 6.53. The molecule has 0 radical (unpaired) electrons. The lowest BCUT2D eigenvalue weighted by atomic mass is 10.0. The Hall–Kier alpha value is -2.73. The van der Waals surface area contributed by atoms with Gasteiger partial charge in [0.2, 0.25) is 0 Å². The van der Waals surface area contributed by atoms with Gasteiger partial charge in [-0.2, -0.15) is 0 Å². The van der Waals surface area contributed by atoms with E-state index in [0.29, 0.717) is 10.9 Å². The number of furan rings is 1. The van der Waals surface area contributed by atoms with Crippen LogP contribution in [0.5, 0.6) is 0 Å². The maximum absolute atomic E-state index is 13.2. The van der Waals surface area contributed by atoms with Crippen molar-refractivity contribution in [2.24, 2.45) is 0 Å². The fourth-order valence-corrected chi connectivity index (χ4v) is 3.81. The van der Waals surface area contributed by atoms with E-state index < -0.39 is 0 Å². The molecule has 4 rings (SSSR count). The van der Waals surface area contributed by atoms with E-state index in [4.69, 9.17) is 16.6 Å².